The van der Waals surface area contributed by atoms with Gasteiger partial charge in [-0.15, -0.1) is 0 Å². The van der Waals surface area contributed by atoms with Gasteiger partial charge < -0.3 is 15.0 Å². The van der Waals surface area contributed by atoms with Crippen molar-refractivity contribution in [3.8, 4) is 5.75 Å². The van der Waals surface area contributed by atoms with Crippen LogP contribution in [0.2, 0.25) is 5.02 Å². The van der Waals surface area contributed by atoms with Gasteiger partial charge in [0.2, 0.25) is 5.91 Å². The van der Waals surface area contributed by atoms with Crippen LogP contribution in [0.1, 0.15) is 13.3 Å². The number of rotatable bonds is 8. The molecule has 2 amide bonds. The minimum atomic E-state index is -0.645. The highest BCUT2D eigenvalue weighted by molar-refractivity contribution is 6.30. The minimum absolute atomic E-state index is 0.0587. The Labute approximate surface area is 138 Å². The van der Waals surface area contributed by atoms with Gasteiger partial charge in [0, 0.05) is 24.7 Å². The average molecular weight is 344 g/mol. The predicted molar refractivity (Wildman–Crippen MR) is 84.5 cm³/mol. The highest BCUT2D eigenvalue weighted by Crippen LogP contribution is 2.29. The van der Waals surface area contributed by atoms with Crippen LogP contribution >= 0.6 is 11.6 Å². The van der Waals surface area contributed by atoms with Crippen LogP contribution in [0.5, 0.6) is 5.75 Å². The number of hydrogen-bond acceptors (Lipinski definition) is 5. The summed E-state index contributed by atoms with van der Waals surface area (Å²) in [5, 5.41) is 13.8. The highest BCUT2D eigenvalue weighted by Gasteiger charge is 2.18. The lowest BCUT2D eigenvalue weighted by Gasteiger charge is -2.17. The van der Waals surface area contributed by atoms with Gasteiger partial charge in [-0.3, -0.25) is 19.7 Å². The molecule has 0 heterocycles. The van der Waals surface area contributed by atoms with Crippen molar-refractivity contribution in [3.63, 3.8) is 0 Å². The fourth-order valence-corrected chi connectivity index (χ4v) is 1.80. The van der Waals surface area contributed by atoms with Gasteiger partial charge in [-0.2, -0.15) is 0 Å². The number of benzene rings is 1. The van der Waals surface area contributed by atoms with Gasteiger partial charge in [0.1, 0.15) is 0 Å². The Kier molecular flexibility index (Phi) is 7.27. The van der Waals surface area contributed by atoms with E-state index in [0.29, 0.717) is 6.54 Å². The van der Waals surface area contributed by atoms with E-state index in [1.54, 1.807) is 0 Å². The van der Waals surface area contributed by atoms with Crippen LogP contribution in [0, 0.1) is 10.1 Å². The van der Waals surface area contributed by atoms with Gasteiger partial charge in [-0.05, 0) is 18.6 Å². The summed E-state index contributed by atoms with van der Waals surface area (Å²) in [5.74, 6) is -0.808. The Morgan fingerprint density at radius 3 is 2.74 bits per heavy atom. The van der Waals surface area contributed by atoms with Crippen molar-refractivity contribution >= 4 is 29.1 Å². The second kappa shape index (κ2) is 8.94. The van der Waals surface area contributed by atoms with Crippen LogP contribution in [0.25, 0.3) is 0 Å². The molecule has 8 nitrogen and oxygen atoms in total. The van der Waals surface area contributed by atoms with E-state index in [2.05, 4.69) is 5.32 Å². The van der Waals surface area contributed by atoms with Gasteiger partial charge in [0.15, 0.2) is 12.4 Å². The van der Waals surface area contributed by atoms with Crippen molar-refractivity contribution in [3.05, 3.63) is 33.3 Å². The van der Waals surface area contributed by atoms with E-state index >= 15 is 0 Å². The van der Waals surface area contributed by atoms with Gasteiger partial charge in [-0.25, -0.2) is 0 Å². The van der Waals surface area contributed by atoms with E-state index in [4.69, 9.17) is 16.3 Å². The Hall–Kier alpha value is -2.35. The number of nitrogens with zero attached hydrogens (tertiary/aromatic N) is 2. The molecular formula is C14H18ClN3O5. The zero-order valence-electron chi connectivity index (χ0n) is 12.9. The topological polar surface area (TPSA) is 102 Å². The molecule has 0 bridgehead atoms. The molecule has 1 rings (SSSR count). The van der Waals surface area contributed by atoms with E-state index in [1.807, 2.05) is 6.92 Å². The summed E-state index contributed by atoms with van der Waals surface area (Å²) in [6.07, 6.45) is 0.798. The molecule has 23 heavy (non-hydrogen) atoms. The number of hydrogen-bond donors (Lipinski definition) is 1. The van der Waals surface area contributed by atoms with Crippen LogP contribution in [0.3, 0.4) is 0 Å². The number of nitrogens with one attached hydrogen (secondary N) is 1. The zero-order valence-corrected chi connectivity index (χ0v) is 13.6. The molecule has 0 spiro atoms. The molecule has 1 aromatic rings. The van der Waals surface area contributed by atoms with E-state index < -0.39 is 17.4 Å². The number of likely N-dealkylation sites (N-methyl/N-ethyl adjacent to an activating group) is 1. The molecule has 0 atom stereocenters. The van der Waals surface area contributed by atoms with E-state index in [1.165, 1.54) is 24.1 Å². The number of halogens is 1. The van der Waals surface area contributed by atoms with Crippen molar-refractivity contribution in [2.24, 2.45) is 0 Å². The van der Waals surface area contributed by atoms with E-state index in [-0.39, 0.29) is 28.9 Å². The zero-order chi connectivity index (χ0) is 17.4. The fraction of sp³-hybridized carbons (Fsp3) is 0.429. The SMILES string of the molecule is CCCNC(=O)CN(C)C(=O)COc1ccc(Cl)cc1[N+](=O)[O-]. The summed E-state index contributed by atoms with van der Waals surface area (Å²) >= 11 is 5.69. The third kappa shape index (κ3) is 6.11. The second-order valence-electron chi connectivity index (χ2n) is 4.76. The highest BCUT2D eigenvalue weighted by atomic mass is 35.5. The lowest BCUT2D eigenvalue weighted by molar-refractivity contribution is -0.385. The Balaban J connectivity index is 2.59. The van der Waals surface area contributed by atoms with Crippen LogP contribution in [-0.2, 0) is 9.59 Å². The molecule has 0 fully saturated rings. The summed E-state index contributed by atoms with van der Waals surface area (Å²) in [7, 11) is 1.45. The lowest BCUT2D eigenvalue weighted by Crippen LogP contribution is -2.40. The first-order chi connectivity index (χ1) is 10.8. The van der Waals surface area contributed by atoms with Gasteiger partial charge in [-0.1, -0.05) is 18.5 Å². The first-order valence-electron chi connectivity index (χ1n) is 6.92. The molecule has 0 saturated heterocycles. The number of ether oxygens (including phenoxy) is 1. The maximum Gasteiger partial charge on any atom is 0.312 e. The number of carbonyl (C=O) groups is 2. The third-order valence-corrected chi connectivity index (χ3v) is 3.08. The molecule has 126 valence electrons. The van der Waals surface area contributed by atoms with Crippen molar-refractivity contribution in [2.45, 2.75) is 13.3 Å². The Bertz CT molecular complexity index is 594. The smallest absolute Gasteiger partial charge is 0.312 e. The van der Waals surface area contributed by atoms with Gasteiger partial charge >= 0.3 is 5.69 Å². The Morgan fingerprint density at radius 1 is 1.43 bits per heavy atom. The quantitative estimate of drug-likeness (QED) is 0.570. The van der Waals surface area contributed by atoms with Crippen molar-refractivity contribution in [2.75, 3.05) is 26.7 Å². The third-order valence-electron chi connectivity index (χ3n) is 2.85. The van der Waals surface area contributed by atoms with Crippen LogP contribution in [0.4, 0.5) is 5.69 Å². The summed E-state index contributed by atoms with van der Waals surface area (Å²) in [5.41, 5.74) is -0.325. The molecule has 0 radical (unpaired) electrons. The van der Waals surface area contributed by atoms with Crippen molar-refractivity contribution < 1.29 is 19.2 Å². The monoisotopic (exact) mass is 343 g/mol. The summed E-state index contributed by atoms with van der Waals surface area (Å²) in [4.78, 5) is 34.9. The largest absolute Gasteiger partial charge is 0.477 e. The normalized spacial score (nSPS) is 10.0. The van der Waals surface area contributed by atoms with Crippen molar-refractivity contribution in [1.82, 2.24) is 10.2 Å². The van der Waals surface area contributed by atoms with E-state index in [0.717, 1.165) is 12.5 Å². The maximum atomic E-state index is 11.9. The molecule has 9 heteroatoms. The Morgan fingerprint density at radius 2 is 2.13 bits per heavy atom. The molecule has 0 aromatic heterocycles. The predicted octanol–water partition coefficient (Wildman–Crippen LogP) is 1.61. The van der Waals surface area contributed by atoms with Crippen LogP contribution in [-0.4, -0.2) is 48.4 Å². The minimum Gasteiger partial charge on any atom is -0.477 e. The first kappa shape index (κ1) is 18.7. The van der Waals surface area contributed by atoms with Crippen molar-refractivity contribution in [1.29, 1.82) is 0 Å². The van der Waals surface area contributed by atoms with E-state index in [9.17, 15) is 19.7 Å². The molecule has 0 aliphatic heterocycles. The number of carbonyl (C=O) groups excluding carboxylic acids is 2. The summed E-state index contributed by atoms with van der Waals surface area (Å²) in [6, 6.07) is 3.89. The molecular weight excluding hydrogens is 326 g/mol. The second-order valence-corrected chi connectivity index (χ2v) is 5.19. The molecule has 0 unspecified atom stereocenters. The number of amides is 2. The molecule has 0 aliphatic carbocycles. The molecule has 1 aromatic carbocycles. The van der Waals surface area contributed by atoms with Crippen LogP contribution < -0.4 is 10.1 Å². The van der Waals surface area contributed by atoms with Gasteiger partial charge in [0.05, 0.1) is 11.5 Å². The number of nitro groups is 1. The standard InChI is InChI=1S/C14H18ClN3O5/c1-3-6-16-13(19)8-17(2)14(20)9-23-12-5-4-10(15)7-11(12)18(21)22/h4-5,7H,3,6,8-9H2,1-2H3,(H,16,19). The van der Waals surface area contributed by atoms with Gasteiger partial charge in [0.25, 0.3) is 5.91 Å². The number of nitro benzene ring substituents is 1. The lowest BCUT2D eigenvalue weighted by atomic mass is 10.3. The first-order valence-corrected chi connectivity index (χ1v) is 7.30. The summed E-state index contributed by atoms with van der Waals surface area (Å²) < 4.78 is 5.18. The molecule has 0 saturated carbocycles. The maximum absolute atomic E-state index is 11.9. The molecule has 0 aliphatic rings. The summed E-state index contributed by atoms with van der Waals surface area (Å²) in [6.45, 7) is 1.93. The average Bonchev–Trinajstić information content (AvgIpc) is 2.51. The molecule has 1 N–H and O–H groups in total. The van der Waals surface area contributed by atoms with Crippen LogP contribution in [0.15, 0.2) is 18.2 Å². The fourth-order valence-electron chi connectivity index (χ4n) is 1.63.